The SMILES string of the molecule is CCCCCCc1c(CCCCCC)c2sc(C[P+](c3ccccc3)(c3ccccc3)c3ccccc3)cc2c2ccsc12. The highest BCUT2D eigenvalue weighted by molar-refractivity contribution is 7.95. The maximum Gasteiger partial charge on any atom is 0.117 e. The van der Waals surface area contributed by atoms with Crippen LogP contribution in [0.1, 0.15) is 81.2 Å². The summed E-state index contributed by atoms with van der Waals surface area (Å²) in [4.78, 5) is 1.52. The maximum absolute atomic E-state index is 2.59. The van der Waals surface area contributed by atoms with Gasteiger partial charge in [0, 0.05) is 25.0 Å². The fraction of sp³-hybridized carbons (Fsp3) is 0.317. The number of aryl methyl sites for hydroxylation is 2. The van der Waals surface area contributed by atoms with Crippen molar-refractivity contribution in [1.29, 1.82) is 0 Å². The minimum absolute atomic E-state index is 1.05. The Morgan fingerprint density at radius 1 is 0.523 bits per heavy atom. The molecule has 0 bridgehead atoms. The fourth-order valence-electron chi connectivity index (χ4n) is 6.96. The van der Waals surface area contributed by atoms with Gasteiger partial charge in [-0.1, -0.05) is 107 Å². The summed E-state index contributed by atoms with van der Waals surface area (Å²) in [5.74, 6) is 0. The molecule has 6 aromatic rings. The van der Waals surface area contributed by atoms with E-state index < -0.39 is 7.26 Å². The van der Waals surface area contributed by atoms with Crippen LogP contribution in [0.15, 0.2) is 109 Å². The van der Waals surface area contributed by atoms with E-state index in [9.17, 15) is 0 Å². The van der Waals surface area contributed by atoms with Gasteiger partial charge in [0.05, 0.1) is 0 Å². The number of unbranched alkanes of at least 4 members (excludes halogenated alkanes) is 6. The van der Waals surface area contributed by atoms with Gasteiger partial charge in [-0.25, -0.2) is 0 Å². The minimum Gasteiger partial charge on any atom is -0.143 e. The van der Waals surface area contributed by atoms with E-state index >= 15 is 0 Å². The predicted molar refractivity (Wildman–Crippen MR) is 202 cm³/mol. The van der Waals surface area contributed by atoms with Crippen molar-refractivity contribution in [2.75, 3.05) is 0 Å². The van der Waals surface area contributed by atoms with Gasteiger partial charge in [0.15, 0.2) is 0 Å². The Labute approximate surface area is 273 Å². The third-order valence-electron chi connectivity index (χ3n) is 9.20. The van der Waals surface area contributed by atoms with Crippen molar-refractivity contribution in [3.05, 3.63) is 125 Å². The lowest BCUT2D eigenvalue weighted by atomic mass is 9.93. The second-order valence-electron chi connectivity index (χ2n) is 12.2. The first-order chi connectivity index (χ1) is 21.8. The number of fused-ring (bicyclic) bond motifs is 3. The van der Waals surface area contributed by atoms with Gasteiger partial charge in [-0.3, -0.25) is 0 Å². The quantitative estimate of drug-likeness (QED) is 0.0780. The Kier molecular flexibility index (Phi) is 10.6. The molecule has 0 amide bonds. The van der Waals surface area contributed by atoms with Gasteiger partial charge in [-0.2, -0.15) is 0 Å². The Hall–Kier alpha value is -2.77. The summed E-state index contributed by atoms with van der Waals surface area (Å²) in [6, 6.07) is 39.2. The second-order valence-corrected chi connectivity index (χ2v) is 17.7. The summed E-state index contributed by atoms with van der Waals surface area (Å²) in [5, 5.41) is 9.72. The zero-order valence-electron chi connectivity index (χ0n) is 26.4. The standard InChI is InChI=1S/C41H46PS2/c1-3-5-7-18-26-36-37(27-19-8-6-4-2)41-39(38-28-29-43-40(36)38)30-35(44-41)31-42(32-20-12-9-13-21-32,33-22-14-10-15-23-33)34-24-16-11-17-25-34/h9-17,20-25,28-30H,3-8,18-19,26-27,31H2,1-2H3/q+1. The van der Waals surface area contributed by atoms with Crippen LogP contribution in [0.2, 0.25) is 0 Å². The fourth-order valence-corrected chi connectivity index (χ4v) is 13.9. The molecule has 0 aliphatic rings. The third-order valence-corrected chi connectivity index (χ3v) is 15.9. The highest BCUT2D eigenvalue weighted by atomic mass is 32.1. The maximum atomic E-state index is 2.59. The first-order valence-corrected chi connectivity index (χ1v) is 20.4. The van der Waals surface area contributed by atoms with Crippen molar-refractivity contribution in [3.8, 4) is 0 Å². The Balaban J connectivity index is 1.52. The lowest BCUT2D eigenvalue weighted by Gasteiger charge is -2.27. The van der Waals surface area contributed by atoms with Crippen LogP contribution in [0.5, 0.6) is 0 Å². The van der Waals surface area contributed by atoms with Crippen LogP contribution in [0.25, 0.3) is 20.2 Å². The normalized spacial score (nSPS) is 12.0. The van der Waals surface area contributed by atoms with Crippen LogP contribution in [-0.2, 0) is 19.0 Å². The van der Waals surface area contributed by atoms with E-state index in [-0.39, 0.29) is 0 Å². The first kappa shape index (κ1) is 31.2. The zero-order valence-corrected chi connectivity index (χ0v) is 29.0. The Morgan fingerprint density at radius 3 is 1.52 bits per heavy atom. The van der Waals surface area contributed by atoms with Gasteiger partial charge in [0.25, 0.3) is 0 Å². The predicted octanol–water partition coefficient (Wildman–Crippen LogP) is 11.9. The van der Waals surface area contributed by atoms with E-state index in [2.05, 4.69) is 134 Å². The van der Waals surface area contributed by atoms with E-state index in [4.69, 9.17) is 0 Å². The van der Waals surface area contributed by atoms with Crippen molar-refractivity contribution in [2.24, 2.45) is 0 Å². The molecule has 0 aliphatic carbocycles. The molecule has 44 heavy (non-hydrogen) atoms. The summed E-state index contributed by atoms with van der Waals surface area (Å²) < 4.78 is 3.12. The smallest absolute Gasteiger partial charge is 0.117 e. The Bertz CT molecular complexity index is 1650. The molecule has 0 N–H and O–H groups in total. The Morgan fingerprint density at radius 2 is 1.02 bits per heavy atom. The van der Waals surface area contributed by atoms with Crippen LogP contribution in [0.3, 0.4) is 0 Å². The highest BCUT2D eigenvalue weighted by Crippen LogP contribution is 2.59. The van der Waals surface area contributed by atoms with Gasteiger partial charge < -0.3 is 0 Å². The molecule has 226 valence electrons. The van der Waals surface area contributed by atoms with Gasteiger partial charge in [0.1, 0.15) is 29.3 Å². The van der Waals surface area contributed by atoms with Gasteiger partial charge >= 0.3 is 0 Å². The summed E-state index contributed by atoms with van der Waals surface area (Å²) in [5.41, 5.74) is 3.33. The number of hydrogen-bond acceptors (Lipinski definition) is 2. The molecule has 2 aromatic heterocycles. The van der Waals surface area contributed by atoms with Crippen LogP contribution in [0, 0.1) is 0 Å². The molecule has 0 radical (unpaired) electrons. The van der Waals surface area contributed by atoms with Crippen LogP contribution in [0.4, 0.5) is 0 Å². The van der Waals surface area contributed by atoms with Gasteiger partial charge in [0.2, 0.25) is 0 Å². The molecular weight excluding hydrogens is 588 g/mol. The molecule has 0 aliphatic heterocycles. The van der Waals surface area contributed by atoms with Gasteiger partial charge in [-0.05, 0) is 90.7 Å². The van der Waals surface area contributed by atoms with Crippen molar-refractivity contribution < 1.29 is 0 Å². The average Bonchev–Trinajstić information content (AvgIpc) is 3.73. The minimum atomic E-state index is -1.95. The molecule has 0 unspecified atom stereocenters. The monoisotopic (exact) mass is 633 g/mol. The van der Waals surface area contributed by atoms with E-state index in [0.717, 1.165) is 6.16 Å². The highest BCUT2D eigenvalue weighted by Gasteiger charge is 2.45. The lowest BCUT2D eigenvalue weighted by Crippen LogP contribution is -2.32. The number of rotatable bonds is 15. The van der Waals surface area contributed by atoms with Crippen molar-refractivity contribution >= 4 is 66.0 Å². The molecule has 4 aromatic carbocycles. The molecule has 0 atom stereocenters. The number of benzene rings is 4. The summed E-state index contributed by atoms with van der Waals surface area (Å²) in [6.07, 6.45) is 14.0. The van der Waals surface area contributed by atoms with E-state index in [1.165, 1.54) is 95.8 Å². The molecule has 0 nitrogen and oxygen atoms in total. The molecule has 2 heterocycles. The van der Waals surface area contributed by atoms with Crippen LogP contribution < -0.4 is 15.9 Å². The zero-order chi connectivity index (χ0) is 30.2. The second kappa shape index (κ2) is 15.0. The number of thiophene rings is 2. The van der Waals surface area contributed by atoms with E-state index in [1.54, 1.807) is 20.5 Å². The average molecular weight is 634 g/mol. The van der Waals surface area contributed by atoms with Crippen LogP contribution in [-0.4, -0.2) is 0 Å². The molecule has 0 fully saturated rings. The summed E-state index contributed by atoms with van der Waals surface area (Å²) >= 11 is 4.08. The molecular formula is C41H46PS2+. The largest absolute Gasteiger partial charge is 0.143 e. The molecule has 0 spiro atoms. The van der Waals surface area contributed by atoms with Crippen molar-refractivity contribution in [1.82, 2.24) is 0 Å². The topological polar surface area (TPSA) is 0 Å². The molecule has 6 rings (SSSR count). The third kappa shape index (κ3) is 6.46. The molecule has 0 saturated carbocycles. The van der Waals surface area contributed by atoms with E-state index in [0.29, 0.717) is 0 Å². The molecule has 0 saturated heterocycles. The summed E-state index contributed by atoms with van der Waals surface area (Å²) in [7, 11) is -1.95. The molecule has 3 heteroatoms. The van der Waals surface area contributed by atoms with Crippen molar-refractivity contribution in [2.45, 2.75) is 84.2 Å². The van der Waals surface area contributed by atoms with E-state index in [1.807, 2.05) is 11.3 Å². The lowest BCUT2D eigenvalue weighted by molar-refractivity contribution is 0.654. The van der Waals surface area contributed by atoms with Crippen molar-refractivity contribution in [3.63, 3.8) is 0 Å². The first-order valence-electron chi connectivity index (χ1n) is 16.7. The summed E-state index contributed by atoms with van der Waals surface area (Å²) in [6.45, 7) is 4.64. The van der Waals surface area contributed by atoms with Crippen LogP contribution >= 0.6 is 29.9 Å². The number of hydrogen-bond donors (Lipinski definition) is 0. The van der Waals surface area contributed by atoms with Gasteiger partial charge in [-0.15, -0.1) is 22.7 Å².